The van der Waals surface area contributed by atoms with E-state index < -0.39 is 40.7 Å². The van der Waals surface area contributed by atoms with Crippen molar-refractivity contribution in [2.24, 2.45) is 5.73 Å². The Bertz CT molecular complexity index is 2240. The Kier molecular flexibility index (Phi) is 15.5. The molecular weight excluding hydrogens is 765 g/mol. The Balaban J connectivity index is 1.18. The molecule has 11 heteroatoms. The second-order valence-corrected chi connectivity index (χ2v) is 16.5. The van der Waals surface area contributed by atoms with Crippen molar-refractivity contribution in [1.29, 1.82) is 0 Å². The molecule has 59 heavy (non-hydrogen) atoms. The molecular formula is C48H54N2O8S. The molecule has 0 aliphatic carbocycles. The van der Waals surface area contributed by atoms with E-state index in [0.29, 0.717) is 44.9 Å². The molecule has 310 valence electrons. The smallest absolute Gasteiger partial charge is 0.268 e. The van der Waals surface area contributed by atoms with E-state index >= 15 is 0 Å². The van der Waals surface area contributed by atoms with Crippen molar-refractivity contribution in [3.63, 3.8) is 0 Å². The fourth-order valence-electron chi connectivity index (χ4n) is 7.35. The van der Waals surface area contributed by atoms with E-state index in [9.17, 15) is 8.42 Å². The first-order valence-electron chi connectivity index (χ1n) is 20.4. The Morgan fingerprint density at radius 1 is 0.576 bits per heavy atom. The highest BCUT2D eigenvalue weighted by Gasteiger charge is 2.49. The number of hydrogen-bond donors (Lipinski definition) is 1. The van der Waals surface area contributed by atoms with Crippen LogP contribution in [-0.4, -0.2) is 69.5 Å². The summed E-state index contributed by atoms with van der Waals surface area (Å²) in [4.78, 5) is 0.218. The summed E-state index contributed by atoms with van der Waals surface area (Å²) >= 11 is 0. The number of unbranched alkanes of at least 4 members (excludes halogenated alkanes) is 2. The van der Waals surface area contributed by atoms with E-state index in [2.05, 4.69) is 0 Å². The van der Waals surface area contributed by atoms with Crippen molar-refractivity contribution >= 4 is 20.9 Å². The van der Waals surface area contributed by atoms with E-state index in [-0.39, 0.29) is 18.1 Å². The van der Waals surface area contributed by atoms with Crippen molar-refractivity contribution in [3.8, 4) is 0 Å². The van der Waals surface area contributed by atoms with E-state index in [1.54, 1.807) is 36.5 Å². The van der Waals surface area contributed by atoms with Crippen molar-refractivity contribution in [3.05, 3.63) is 174 Å². The molecule has 0 amide bonds. The number of benzene rings is 5. The van der Waals surface area contributed by atoms with Gasteiger partial charge in [0.2, 0.25) is 0 Å². The van der Waals surface area contributed by atoms with Gasteiger partial charge in [-0.25, -0.2) is 12.4 Å². The van der Waals surface area contributed by atoms with Gasteiger partial charge in [0.25, 0.3) is 10.0 Å². The first-order valence-corrected chi connectivity index (χ1v) is 21.9. The van der Waals surface area contributed by atoms with Crippen LogP contribution >= 0.6 is 0 Å². The molecule has 0 saturated carbocycles. The number of rotatable bonds is 22. The fourth-order valence-corrected chi connectivity index (χ4v) is 8.76. The zero-order valence-electron chi connectivity index (χ0n) is 33.3. The van der Waals surface area contributed by atoms with Crippen LogP contribution in [0.2, 0.25) is 0 Å². The summed E-state index contributed by atoms with van der Waals surface area (Å²) in [7, 11) is -3.84. The second kappa shape index (κ2) is 21.5. The molecule has 0 unspecified atom stereocenters. The monoisotopic (exact) mass is 818 g/mol. The van der Waals surface area contributed by atoms with Gasteiger partial charge in [-0.2, -0.15) is 0 Å². The standard InChI is InChI=1S/C48H54N2O8S/c49-29-16-5-17-30-53-36-44-45(55-33-37-18-6-1-7-19-37)46(56-34-38-20-8-2-9-21-38)47(57-35-39-22-10-3-11-23-39)48(58-44)54-31-28-40-32-50(43-27-15-14-26-42(40)43)59(51,52)41-24-12-4-13-25-41/h1-4,6-15,18-27,32,44-48H,5,16-17,28-31,33-36,49H2/t44-,45-,46+,47-,48-/m1/s1. The van der Waals surface area contributed by atoms with Gasteiger partial charge in [-0.05, 0) is 72.7 Å². The normalized spacial score (nSPS) is 19.6. The third-order valence-corrected chi connectivity index (χ3v) is 12.1. The molecule has 1 saturated heterocycles. The maximum absolute atomic E-state index is 13.8. The molecule has 6 aromatic rings. The highest BCUT2D eigenvalue weighted by molar-refractivity contribution is 7.90. The zero-order valence-corrected chi connectivity index (χ0v) is 34.1. The summed E-state index contributed by atoms with van der Waals surface area (Å²) in [5.41, 5.74) is 10.2. The summed E-state index contributed by atoms with van der Waals surface area (Å²) in [6, 6.07) is 46.0. The molecule has 1 aromatic heterocycles. The van der Waals surface area contributed by atoms with E-state index in [1.165, 1.54) is 3.97 Å². The Morgan fingerprint density at radius 3 is 1.73 bits per heavy atom. The summed E-state index contributed by atoms with van der Waals surface area (Å²) in [5.74, 6) is 0. The Labute approximate surface area is 347 Å². The van der Waals surface area contributed by atoms with Crippen LogP contribution in [0.25, 0.3) is 10.9 Å². The molecule has 10 nitrogen and oxygen atoms in total. The van der Waals surface area contributed by atoms with E-state index in [0.717, 1.165) is 46.9 Å². The lowest BCUT2D eigenvalue weighted by Gasteiger charge is -2.46. The molecule has 5 aromatic carbocycles. The third-order valence-electron chi connectivity index (χ3n) is 10.4. The van der Waals surface area contributed by atoms with Crippen LogP contribution < -0.4 is 5.73 Å². The molecule has 1 aliphatic heterocycles. The van der Waals surface area contributed by atoms with Gasteiger partial charge >= 0.3 is 0 Å². The van der Waals surface area contributed by atoms with Gasteiger partial charge in [0.1, 0.15) is 24.4 Å². The minimum absolute atomic E-state index is 0.211. The van der Waals surface area contributed by atoms with Crippen LogP contribution in [0.15, 0.2) is 157 Å². The largest absolute Gasteiger partial charge is 0.379 e. The van der Waals surface area contributed by atoms with Gasteiger partial charge in [0.15, 0.2) is 6.29 Å². The van der Waals surface area contributed by atoms with Crippen LogP contribution in [0.4, 0.5) is 0 Å². The lowest BCUT2D eigenvalue weighted by molar-refractivity contribution is -0.328. The minimum Gasteiger partial charge on any atom is -0.379 e. The van der Waals surface area contributed by atoms with Gasteiger partial charge in [-0.3, -0.25) is 0 Å². The van der Waals surface area contributed by atoms with Crippen LogP contribution in [-0.2, 0) is 64.7 Å². The van der Waals surface area contributed by atoms with Gasteiger partial charge in [0.05, 0.1) is 43.4 Å². The van der Waals surface area contributed by atoms with E-state index in [4.69, 9.17) is 34.2 Å². The Hall–Kier alpha value is -4.69. The molecule has 0 spiro atoms. The maximum atomic E-state index is 13.8. The molecule has 2 N–H and O–H groups in total. The molecule has 5 atom stereocenters. The third kappa shape index (κ3) is 11.3. The molecule has 1 fully saturated rings. The van der Waals surface area contributed by atoms with Crippen LogP contribution in [0, 0.1) is 0 Å². The number of fused-ring (bicyclic) bond motifs is 1. The summed E-state index contributed by atoms with van der Waals surface area (Å²) in [5, 5.41) is 0.830. The number of aromatic nitrogens is 1. The Morgan fingerprint density at radius 2 is 1.12 bits per heavy atom. The number of nitrogens with two attached hydrogens (primary N) is 1. The first kappa shape index (κ1) is 42.4. The number of ether oxygens (including phenoxy) is 6. The van der Waals surface area contributed by atoms with Crippen molar-refractivity contribution in [2.75, 3.05) is 26.4 Å². The second-order valence-electron chi connectivity index (χ2n) is 14.7. The molecule has 2 heterocycles. The average molecular weight is 819 g/mol. The van der Waals surface area contributed by atoms with Crippen molar-refractivity contribution in [2.45, 2.75) is 81.1 Å². The fraction of sp³-hybridized carbons (Fsp3) is 0.333. The predicted molar refractivity (Wildman–Crippen MR) is 228 cm³/mol. The summed E-state index contributed by atoms with van der Waals surface area (Å²) < 4.78 is 69.2. The number of hydrogen-bond acceptors (Lipinski definition) is 9. The quantitative estimate of drug-likeness (QED) is 0.0679. The molecule has 0 bridgehead atoms. The highest BCUT2D eigenvalue weighted by atomic mass is 32.2. The number of para-hydroxylation sites is 1. The van der Waals surface area contributed by atoms with Gasteiger partial charge < -0.3 is 34.2 Å². The van der Waals surface area contributed by atoms with E-state index in [1.807, 2.05) is 115 Å². The molecule has 1 aliphatic rings. The predicted octanol–water partition coefficient (Wildman–Crippen LogP) is 8.06. The highest BCUT2D eigenvalue weighted by Crippen LogP contribution is 2.33. The topological polar surface area (TPSA) is 120 Å². The maximum Gasteiger partial charge on any atom is 0.268 e. The van der Waals surface area contributed by atoms with Crippen LogP contribution in [0.3, 0.4) is 0 Å². The summed E-state index contributed by atoms with van der Waals surface area (Å²) in [6.07, 6.45) is 1.56. The summed E-state index contributed by atoms with van der Waals surface area (Å²) in [6.45, 7) is 2.60. The molecule has 0 radical (unpaired) electrons. The van der Waals surface area contributed by atoms with Crippen molar-refractivity contribution < 1.29 is 36.8 Å². The van der Waals surface area contributed by atoms with Crippen LogP contribution in [0.5, 0.6) is 0 Å². The minimum atomic E-state index is -3.84. The van der Waals surface area contributed by atoms with Crippen LogP contribution in [0.1, 0.15) is 41.5 Å². The van der Waals surface area contributed by atoms with Gasteiger partial charge in [0, 0.05) is 18.2 Å². The van der Waals surface area contributed by atoms with Gasteiger partial charge in [-0.1, -0.05) is 127 Å². The molecule has 7 rings (SSSR count). The SMILES string of the molecule is NCCCCCOC[C@H]1O[C@@H](OCCc2cn(S(=O)(=O)c3ccccc3)c3ccccc23)[C@H](OCc2ccccc2)[C@@H](OCc2ccccc2)[C@@H]1OCc1ccccc1. The lowest BCUT2D eigenvalue weighted by Crippen LogP contribution is -2.61. The average Bonchev–Trinajstić information content (AvgIpc) is 3.66. The number of nitrogens with zero attached hydrogens (tertiary/aromatic N) is 1. The zero-order chi connectivity index (χ0) is 40.7. The van der Waals surface area contributed by atoms with Crippen molar-refractivity contribution in [1.82, 2.24) is 3.97 Å². The lowest BCUT2D eigenvalue weighted by atomic mass is 9.97. The first-order chi connectivity index (χ1) is 29.0. The van der Waals surface area contributed by atoms with Gasteiger partial charge in [-0.15, -0.1) is 0 Å².